The number of hydrogen-bond acceptors (Lipinski definition) is 2. The van der Waals surface area contributed by atoms with Crippen molar-refractivity contribution in [1.82, 2.24) is 0 Å². The van der Waals surface area contributed by atoms with Crippen LogP contribution in [-0.4, -0.2) is 17.0 Å². The van der Waals surface area contributed by atoms with Gasteiger partial charge in [-0.05, 0) is 6.42 Å². The number of rotatable bonds is 4. The van der Waals surface area contributed by atoms with Gasteiger partial charge in [-0.2, -0.15) is 0 Å². The predicted molar refractivity (Wildman–Crippen MR) is 36.1 cm³/mol. The van der Waals surface area contributed by atoms with Crippen LogP contribution in [0.2, 0.25) is 0 Å². The van der Waals surface area contributed by atoms with E-state index in [2.05, 4.69) is 6.58 Å². The van der Waals surface area contributed by atoms with Gasteiger partial charge in [-0.3, -0.25) is 4.79 Å². The molecule has 0 bridgehead atoms. The van der Waals surface area contributed by atoms with E-state index < -0.39 is 6.10 Å². The second-order valence-electron chi connectivity index (χ2n) is 1.90. The molecule has 0 aromatic heterocycles. The van der Waals surface area contributed by atoms with Gasteiger partial charge < -0.3 is 5.11 Å². The van der Waals surface area contributed by atoms with Crippen LogP contribution >= 0.6 is 0 Å². The Labute approximate surface area is 55.2 Å². The second-order valence-corrected chi connectivity index (χ2v) is 1.90. The minimum atomic E-state index is -0.954. The number of aliphatic hydroxyl groups excluding tert-OH is 1. The van der Waals surface area contributed by atoms with E-state index in [1.165, 1.54) is 6.08 Å². The molecule has 1 unspecified atom stereocenters. The van der Waals surface area contributed by atoms with Crippen molar-refractivity contribution in [3.05, 3.63) is 12.7 Å². The Morgan fingerprint density at radius 3 is 2.78 bits per heavy atom. The summed E-state index contributed by atoms with van der Waals surface area (Å²) in [5.41, 5.74) is 0. The summed E-state index contributed by atoms with van der Waals surface area (Å²) in [6.45, 7) is 5.19. The van der Waals surface area contributed by atoms with Gasteiger partial charge in [0, 0.05) is 6.42 Å². The number of aliphatic hydroxyl groups is 1. The van der Waals surface area contributed by atoms with Crippen molar-refractivity contribution < 1.29 is 9.90 Å². The molecule has 0 aliphatic rings. The molecule has 0 aromatic rings. The molecule has 52 valence electrons. The van der Waals surface area contributed by atoms with Crippen molar-refractivity contribution in [3.8, 4) is 0 Å². The zero-order chi connectivity index (χ0) is 7.28. The third-order valence-corrected chi connectivity index (χ3v) is 1.05. The van der Waals surface area contributed by atoms with Crippen LogP contribution in [0.1, 0.15) is 19.8 Å². The van der Waals surface area contributed by atoms with Crippen molar-refractivity contribution in [3.63, 3.8) is 0 Å². The summed E-state index contributed by atoms with van der Waals surface area (Å²) in [7, 11) is 0. The molecule has 0 radical (unpaired) electrons. The molecule has 0 aliphatic carbocycles. The van der Waals surface area contributed by atoms with Crippen LogP contribution < -0.4 is 0 Å². The molecule has 0 saturated heterocycles. The fraction of sp³-hybridized carbons (Fsp3) is 0.571. The van der Waals surface area contributed by atoms with E-state index in [-0.39, 0.29) is 5.78 Å². The van der Waals surface area contributed by atoms with Crippen molar-refractivity contribution in [2.24, 2.45) is 0 Å². The van der Waals surface area contributed by atoms with Crippen molar-refractivity contribution >= 4 is 5.78 Å². The Kier molecular flexibility index (Phi) is 3.97. The first-order chi connectivity index (χ1) is 4.22. The van der Waals surface area contributed by atoms with Crippen LogP contribution in [0.4, 0.5) is 0 Å². The molecule has 0 spiro atoms. The Morgan fingerprint density at radius 2 is 2.44 bits per heavy atom. The van der Waals surface area contributed by atoms with Crippen LogP contribution in [0.3, 0.4) is 0 Å². The Bertz CT molecular complexity index is 107. The highest BCUT2D eigenvalue weighted by atomic mass is 16.3. The zero-order valence-electron chi connectivity index (χ0n) is 5.63. The van der Waals surface area contributed by atoms with Gasteiger partial charge in [0.1, 0.15) is 6.10 Å². The van der Waals surface area contributed by atoms with Crippen LogP contribution in [0.15, 0.2) is 12.7 Å². The Morgan fingerprint density at radius 1 is 1.89 bits per heavy atom. The van der Waals surface area contributed by atoms with Gasteiger partial charge in [0.2, 0.25) is 0 Å². The molecular weight excluding hydrogens is 116 g/mol. The molecule has 0 rings (SSSR count). The first kappa shape index (κ1) is 8.37. The lowest BCUT2D eigenvalue weighted by Gasteiger charge is -1.99. The van der Waals surface area contributed by atoms with Crippen LogP contribution in [0, 0.1) is 0 Å². The van der Waals surface area contributed by atoms with Gasteiger partial charge in [0.15, 0.2) is 5.78 Å². The molecule has 2 heteroatoms. The van der Waals surface area contributed by atoms with E-state index >= 15 is 0 Å². The number of ketones is 1. The summed E-state index contributed by atoms with van der Waals surface area (Å²) in [5, 5.41) is 8.79. The van der Waals surface area contributed by atoms with Crippen molar-refractivity contribution in [2.75, 3.05) is 0 Å². The van der Waals surface area contributed by atoms with Crippen LogP contribution in [0.25, 0.3) is 0 Å². The number of Topliss-reactive ketones (excluding diaryl/α,β-unsaturated/α-hetero) is 1. The molecule has 0 aliphatic heterocycles. The molecule has 1 atom stereocenters. The molecule has 2 nitrogen and oxygen atoms in total. The standard InChI is InChI=1S/C7H12O2/c1-3-5-7(9)6(8)4-2/h4,6,8H,2-3,5H2,1H3. The van der Waals surface area contributed by atoms with Gasteiger partial charge >= 0.3 is 0 Å². The summed E-state index contributed by atoms with van der Waals surface area (Å²) in [6.07, 6.45) is 1.51. The van der Waals surface area contributed by atoms with Crippen molar-refractivity contribution in [1.29, 1.82) is 0 Å². The minimum absolute atomic E-state index is 0.146. The molecule has 0 fully saturated rings. The molecule has 0 aromatic carbocycles. The summed E-state index contributed by atoms with van der Waals surface area (Å²) in [5.74, 6) is -0.146. The summed E-state index contributed by atoms with van der Waals surface area (Å²) in [4.78, 5) is 10.7. The van der Waals surface area contributed by atoms with Gasteiger partial charge in [0.25, 0.3) is 0 Å². The molecule has 0 heterocycles. The molecular formula is C7H12O2. The van der Waals surface area contributed by atoms with Gasteiger partial charge in [-0.1, -0.05) is 13.0 Å². The molecule has 0 amide bonds. The predicted octanol–water partition coefficient (Wildman–Crippen LogP) is 0.903. The fourth-order valence-electron chi connectivity index (χ4n) is 0.526. The lowest BCUT2D eigenvalue weighted by Crippen LogP contribution is -2.16. The maximum absolute atomic E-state index is 10.7. The quantitative estimate of drug-likeness (QED) is 0.571. The second kappa shape index (κ2) is 4.27. The SMILES string of the molecule is C=CC(O)C(=O)CCC. The monoisotopic (exact) mass is 128 g/mol. The van der Waals surface area contributed by atoms with E-state index in [1.807, 2.05) is 6.92 Å². The highest BCUT2D eigenvalue weighted by Gasteiger charge is 2.07. The number of carbonyl (C=O) groups is 1. The van der Waals surface area contributed by atoms with E-state index in [1.54, 1.807) is 0 Å². The summed E-state index contributed by atoms with van der Waals surface area (Å²) < 4.78 is 0. The lowest BCUT2D eigenvalue weighted by molar-refractivity contribution is -0.124. The summed E-state index contributed by atoms with van der Waals surface area (Å²) >= 11 is 0. The average Bonchev–Trinajstić information content (AvgIpc) is 1.87. The average molecular weight is 128 g/mol. The molecule has 1 N–H and O–H groups in total. The first-order valence-electron chi connectivity index (χ1n) is 3.05. The lowest BCUT2D eigenvalue weighted by atomic mass is 10.1. The first-order valence-corrected chi connectivity index (χ1v) is 3.05. The maximum atomic E-state index is 10.7. The van der Waals surface area contributed by atoms with Crippen LogP contribution in [0.5, 0.6) is 0 Å². The van der Waals surface area contributed by atoms with Gasteiger partial charge in [-0.25, -0.2) is 0 Å². The van der Waals surface area contributed by atoms with Gasteiger partial charge in [-0.15, -0.1) is 6.58 Å². The largest absolute Gasteiger partial charge is 0.381 e. The van der Waals surface area contributed by atoms with Crippen LogP contribution in [-0.2, 0) is 4.79 Å². The normalized spacial score (nSPS) is 12.7. The Hall–Kier alpha value is -0.630. The van der Waals surface area contributed by atoms with E-state index in [0.717, 1.165) is 6.42 Å². The number of hydrogen-bond donors (Lipinski definition) is 1. The molecule has 9 heavy (non-hydrogen) atoms. The van der Waals surface area contributed by atoms with E-state index in [0.29, 0.717) is 6.42 Å². The topological polar surface area (TPSA) is 37.3 Å². The fourth-order valence-corrected chi connectivity index (χ4v) is 0.526. The van der Waals surface area contributed by atoms with E-state index in [4.69, 9.17) is 5.11 Å². The molecule has 0 saturated carbocycles. The van der Waals surface area contributed by atoms with Crippen molar-refractivity contribution in [2.45, 2.75) is 25.9 Å². The third kappa shape index (κ3) is 3.03. The maximum Gasteiger partial charge on any atom is 0.165 e. The Balaban J connectivity index is 3.58. The smallest absolute Gasteiger partial charge is 0.165 e. The highest BCUT2D eigenvalue weighted by Crippen LogP contribution is 1.94. The summed E-state index contributed by atoms with van der Waals surface area (Å²) in [6, 6.07) is 0. The number of carbonyl (C=O) groups excluding carboxylic acids is 1. The van der Waals surface area contributed by atoms with Gasteiger partial charge in [0.05, 0.1) is 0 Å². The van der Waals surface area contributed by atoms with E-state index in [9.17, 15) is 4.79 Å². The zero-order valence-corrected chi connectivity index (χ0v) is 5.63. The third-order valence-electron chi connectivity index (χ3n) is 1.05. The minimum Gasteiger partial charge on any atom is -0.381 e. The highest BCUT2D eigenvalue weighted by molar-refractivity contribution is 5.84.